The molecule has 0 atom stereocenters. The van der Waals surface area contributed by atoms with Crippen LogP contribution >= 0.6 is 0 Å². The molecular weight excluding hydrogens is 435 g/mol. The zero-order valence-corrected chi connectivity index (χ0v) is 18.7. The van der Waals surface area contributed by atoms with Crippen molar-refractivity contribution in [2.24, 2.45) is 5.92 Å². The highest BCUT2D eigenvalue weighted by Crippen LogP contribution is 2.33. The molecule has 32 heavy (non-hydrogen) atoms. The Hall–Kier alpha value is -2.23. The molecule has 3 aliphatic rings. The standard InChI is InChI=1S/C23H27FN2O5S/c24-19-2-1-17-11-25(12-18(17)9-19)13-20-10-22(27)23(15-30-20)31-14-16-5-7-26(8-6-16)32(28,29)21-3-4-21/h1-2,9-10,15-16,21H,3-8,11-14H2. The van der Waals surface area contributed by atoms with Crippen LogP contribution in [0, 0.1) is 11.7 Å². The van der Waals surface area contributed by atoms with Gasteiger partial charge < -0.3 is 9.15 Å². The van der Waals surface area contributed by atoms with Crippen molar-refractivity contribution < 1.29 is 22.0 Å². The predicted molar refractivity (Wildman–Crippen MR) is 116 cm³/mol. The molecule has 2 aromatic rings. The van der Waals surface area contributed by atoms with Crippen LogP contribution in [0.4, 0.5) is 4.39 Å². The normalized spacial score (nSPS) is 20.4. The van der Waals surface area contributed by atoms with Crippen LogP contribution in [0.1, 0.15) is 42.6 Å². The molecule has 0 unspecified atom stereocenters. The van der Waals surface area contributed by atoms with Gasteiger partial charge in [0.2, 0.25) is 21.2 Å². The first-order valence-corrected chi connectivity index (χ1v) is 12.6. The van der Waals surface area contributed by atoms with Gasteiger partial charge in [-0.3, -0.25) is 9.69 Å². The first-order chi connectivity index (χ1) is 15.4. The summed E-state index contributed by atoms with van der Waals surface area (Å²) < 4.78 is 51.0. The van der Waals surface area contributed by atoms with E-state index in [2.05, 4.69) is 4.90 Å². The van der Waals surface area contributed by atoms with Crippen molar-refractivity contribution in [2.45, 2.75) is 50.6 Å². The van der Waals surface area contributed by atoms with Crippen molar-refractivity contribution in [2.75, 3.05) is 19.7 Å². The van der Waals surface area contributed by atoms with Gasteiger partial charge >= 0.3 is 0 Å². The van der Waals surface area contributed by atoms with E-state index in [4.69, 9.17) is 9.15 Å². The third kappa shape index (κ3) is 4.60. The van der Waals surface area contributed by atoms with Gasteiger partial charge in [-0.1, -0.05) is 6.07 Å². The fourth-order valence-corrected chi connectivity index (χ4v) is 6.38. The molecule has 0 amide bonds. The number of ether oxygens (including phenoxy) is 1. The van der Waals surface area contributed by atoms with E-state index in [1.165, 1.54) is 18.4 Å². The lowest BCUT2D eigenvalue weighted by molar-refractivity contribution is 0.180. The fraction of sp³-hybridized carbons (Fsp3) is 0.522. The zero-order valence-electron chi connectivity index (χ0n) is 17.8. The second kappa shape index (κ2) is 8.61. The minimum absolute atomic E-state index is 0.172. The van der Waals surface area contributed by atoms with Crippen LogP contribution in [0.15, 0.2) is 39.7 Å². The van der Waals surface area contributed by atoms with Gasteiger partial charge in [-0.2, -0.15) is 0 Å². The Kier molecular flexibility index (Phi) is 5.81. The first kappa shape index (κ1) is 21.6. The number of halogens is 1. The quantitative estimate of drug-likeness (QED) is 0.630. The largest absolute Gasteiger partial charge is 0.486 e. The molecule has 0 spiro atoms. The molecule has 2 fully saturated rings. The first-order valence-electron chi connectivity index (χ1n) is 11.1. The van der Waals surface area contributed by atoms with Gasteiger partial charge in [-0.25, -0.2) is 17.1 Å². The predicted octanol–water partition coefficient (Wildman–Crippen LogP) is 2.88. The molecule has 0 bridgehead atoms. The van der Waals surface area contributed by atoms with E-state index in [0.717, 1.165) is 36.8 Å². The molecule has 172 valence electrons. The number of nitrogens with zero attached hydrogens (tertiary/aromatic N) is 2. The van der Waals surface area contributed by atoms with Crippen LogP contribution in [0.3, 0.4) is 0 Å². The molecule has 0 radical (unpaired) electrons. The van der Waals surface area contributed by atoms with E-state index in [-0.39, 0.29) is 28.2 Å². The topological polar surface area (TPSA) is 80.1 Å². The van der Waals surface area contributed by atoms with Crippen molar-refractivity contribution in [3.8, 4) is 5.75 Å². The van der Waals surface area contributed by atoms with Gasteiger partial charge in [0.15, 0.2) is 0 Å². The number of hydrogen-bond donors (Lipinski definition) is 0. The average Bonchev–Trinajstić information content (AvgIpc) is 3.56. The third-order valence-corrected chi connectivity index (χ3v) is 8.94. The molecule has 7 nitrogen and oxygen atoms in total. The number of rotatable bonds is 7. The lowest BCUT2D eigenvalue weighted by atomic mass is 9.99. The van der Waals surface area contributed by atoms with Crippen molar-refractivity contribution in [1.82, 2.24) is 9.21 Å². The monoisotopic (exact) mass is 462 g/mol. The van der Waals surface area contributed by atoms with E-state index >= 15 is 0 Å². The van der Waals surface area contributed by atoms with Crippen molar-refractivity contribution in [3.05, 3.63) is 63.5 Å². The summed E-state index contributed by atoms with van der Waals surface area (Å²) in [5, 5.41) is -0.172. The van der Waals surface area contributed by atoms with Crippen LogP contribution in [-0.4, -0.2) is 42.6 Å². The summed E-state index contributed by atoms with van der Waals surface area (Å²) in [5.74, 6) is 0.680. The fourth-order valence-electron chi connectivity index (χ4n) is 4.51. The molecule has 1 saturated heterocycles. The van der Waals surface area contributed by atoms with Gasteiger partial charge in [0.05, 0.1) is 18.4 Å². The Morgan fingerprint density at radius 2 is 1.81 bits per heavy atom. The molecule has 1 aromatic carbocycles. The maximum Gasteiger partial charge on any atom is 0.227 e. The third-order valence-electron chi connectivity index (χ3n) is 6.54. The lowest BCUT2D eigenvalue weighted by Gasteiger charge is -2.31. The number of benzene rings is 1. The van der Waals surface area contributed by atoms with Gasteiger partial charge in [-0.05, 0) is 54.9 Å². The smallest absolute Gasteiger partial charge is 0.227 e. The maximum atomic E-state index is 13.4. The summed E-state index contributed by atoms with van der Waals surface area (Å²) in [5.41, 5.74) is 1.82. The van der Waals surface area contributed by atoms with Crippen LogP contribution in [0.2, 0.25) is 0 Å². The summed E-state index contributed by atoms with van der Waals surface area (Å²) >= 11 is 0. The lowest BCUT2D eigenvalue weighted by Crippen LogP contribution is -2.41. The highest BCUT2D eigenvalue weighted by molar-refractivity contribution is 7.90. The average molecular weight is 463 g/mol. The minimum atomic E-state index is -3.12. The molecule has 9 heteroatoms. The zero-order chi connectivity index (χ0) is 22.3. The molecular formula is C23H27FN2O5S. The molecule has 2 aliphatic heterocycles. The van der Waals surface area contributed by atoms with E-state index < -0.39 is 10.0 Å². The Bertz CT molecular complexity index is 1150. The number of hydrogen-bond acceptors (Lipinski definition) is 6. The molecule has 1 saturated carbocycles. The summed E-state index contributed by atoms with van der Waals surface area (Å²) in [6, 6.07) is 6.26. The Labute approximate surface area is 186 Å². The van der Waals surface area contributed by atoms with Crippen molar-refractivity contribution in [3.63, 3.8) is 0 Å². The van der Waals surface area contributed by atoms with Crippen molar-refractivity contribution >= 4 is 10.0 Å². The number of sulfonamides is 1. The molecule has 3 heterocycles. The Morgan fingerprint density at radius 1 is 1.06 bits per heavy atom. The van der Waals surface area contributed by atoms with Crippen LogP contribution in [0.25, 0.3) is 0 Å². The Morgan fingerprint density at radius 3 is 2.53 bits per heavy atom. The van der Waals surface area contributed by atoms with Gasteiger partial charge in [0.1, 0.15) is 17.8 Å². The van der Waals surface area contributed by atoms with Crippen LogP contribution in [0.5, 0.6) is 5.75 Å². The highest BCUT2D eigenvalue weighted by atomic mass is 32.2. The summed E-state index contributed by atoms with van der Waals surface area (Å²) in [6.07, 6.45) is 4.37. The second-order valence-electron chi connectivity index (χ2n) is 9.03. The minimum Gasteiger partial charge on any atom is -0.486 e. The van der Waals surface area contributed by atoms with Crippen LogP contribution in [-0.2, 0) is 29.7 Å². The summed E-state index contributed by atoms with van der Waals surface area (Å²) in [6.45, 7) is 3.16. The summed E-state index contributed by atoms with van der Waals surface area (Å²) in [7, 11) is -3.12. The van der Waals surface area contributed by atoms with Crippen molar-refractivity contribution in [1.29, 1.82) is 0 Å². The maximum absolute atomic E-state index is 13.4. The molecule has 1 aromatic heterocycles. The van der Waals surface area contributed by atoms with Crippen LogP contribution < -0.4 is 10.2 Å². The second-order valence-corrected chi connectivity index (χ2v) is 11.2. The number of piperidine rings is 1. The van der Waals surface area contributed by atoms with Gasteiger partial charge in [0, 0.05) is 32.2 Å². The van der Waals surface area contributed by atoms with Gasteiger partial charge in [-0.15, -0.1) is 0 Å². The van der Waals surface area contributed by atoms with E-state index in [1.807, 2.05) is 0 Å². The number of fused-ring (bicyclic) bond motifs is 1. The molecule has 0 N–H and O–H groups in total. The van der Waals surface area contributed by atoms with E-state index in [0.29, 0.717) is 45.1 Å². The van der Waals surface area contributed by atoms with E-state index in [9.17, 15) is 17.6 Å². The van der Waals surface area contributed by atoms with E-state index in [1.54, 1.807) is 16.4 Å². The molecule has 1 aliphatic carbocycles. The summed E-state index contributed by atoms with van der Waals surface area (Å²) in [4.78, 5) is 14.6. The van der Waals surface area contributed by atoms with Gasteiger partial charge in [0.25, 0.3) is 0 Å². The highest BCUT2D eigenvalue weighted by Gasteiger charge is 2.41. The SMILES string of the molecule is O=c1cc(CN2Cc3ccc(F)cc3C2)occ1OCC1CCN(S(=O)(=O)C2CC2)CC1. The molecule has 5 rings (SSSR count). The Balaban J connectivity index is 1.12.